The molecule has 2 N–H and O–H groups in total. The van der Waals surface area contributed by atoms with Crippen molar-refractivity contribution >= 4 is 51.6 Å². The van der Waals surface area contributed by atoms with Gasteiger partial charge in [-0.3, -0.25) is 9.59 Å². The average Bonchev–Trinajstić information content (AvgIpc) is 3.40. The largest absolute Gasteiger partial charge is 0.417 e. The van der Waals surface area contributed by atoms with Gasteiger partial charge in [0.05, 0.1) is 29.2 Å². The summed E-state index contributed by atoms with van der Waals surface area (Å²) in [4.78, 5) is 41.8. The highest BCUT2D eigenvalue weighted by molar-refractivity contribution is 7.13. The highest BCUT2D eigenvalue weighted by Crippen LogP contribution is 2.36. The van der Waals surface area contributed by atoms with Gasteiger partial charge in [0.1, 0.15) is 21.7 Å². The summed E-state index contributed by atoms with van der Waals surface area (Å²) in [5.41, 5.74) is 0.103. The highest BCUT2D eigenvalue weighted by atomic mass is 35.5. The average molecular weight is 510 g/mol. The molecule has 1 aromatic carbocycles. The van der Waals surface area contributed by atoms with Crippen LogP contribution in [0.5, 0.6) is 0 Å². The molecular formula is C20H15ClF3N7O2S. The van der Waals surface area contributed by atoms with Crippen molar-refractivity contribution in [1.82, 2.24) is 29.8 Å². The van der Waals surface area contributed by atoms with Crippen LogP contribution in [0.4, 0.5) is 18.9 Å². The molecule has 3 aromatic heterocycles. The van der Waals surface area contributed by atoms with E-state index in [1.54, 1.807) is 18.5 Å². The van der Waals surface area contributed by atoms with E-state index in [-0.39, 0.29) is 16.3 Å². The Morgan fingerprint density at radius 3 is 2.62 bits per heavy atom. The van der Waals surface area contributed by atoms with Crippen LogP contribution in [0.3, 0.4) is 0 Å². The van der Waals surface area contributed by atoms with E-state index in [9.17, 15) is 22.8 Å². The van der Waals surface area contributed by atoms with Crippen LogP contribution in [0, 0.1) is 0 Å². The van der Waals surface area contributed by atoms with Gasteiger partial charge < -0.3 is 15.2 Å². The number of hydrogen-bond donors (Lipinski definition) is 2. The second-order valence-corrected chi connectivity index (χ2v) is 8.62. The highest BCUT2D eigenvalue weighted by Gasteiger charge is 2.33. The van der Waals surface area contributed by atoms with E-state index in [0.717, 1.165) is 29.5 Å². The Labute approximate surface area is 199 Å². The first-order valence-corrected chi connectivity index (χ1v) is 10.8. The zero-order chi connectivity index (χ0) is 24.6. The van der Waals surface area contributed by atoms with Crippen LogP contribution in [-0.2, 0) is 13.2 Å². The first-order chi connectivity index (χ1) is 16.0. The minimum atomic E-state index is -4.60. The molecular weight excluding hydrogens is 495 g/mol. The number of benzene rings is 1. The minimum Gasteiger partial charge on any atom is -0.342 e. The summed E-state index contributed by atoms with van der Waals surface area (Å²) in [5.74, 6) is -1.05. The molecule has 0 aliphatic rings. The zero-order valence-electron chi connectivity index (χ0n) is 17.5. The Morgan fingerprint density at radius 1 is 1.15 bits per heavy atom. The molecule has 2 amide bonds. The molecule has 0 saturated carbocycles. The molecule has 176 valence electrons. The van der Waals surface area contributed by atoms with Crippen molar-refractivity contribution < 1.29 is 22.8 Å². The van der Waals surface area contributed by atoms with Crippen molar-refractivity contribution in [3.63, 3.8) is 0 Å². The van der Waals surface area contributed by atoms with Crippen LogP contribution in [0.15, 0.2) is 37.1 Å². The topological polar surface area (TPSA) is 115 Å². The van der Waals surface area contributed by atoms with Crippen molar-refractivity contribution in [2.24, 2.45) is 7.05 Å². The van der Waals surface area contributed by atoms with E-state index < -0.39 is 34.6 Å². The van der Waals surface area contributed by atoms with Crippen LogP contribution in [0.2, 0.25) is 5.02 Å². The van der Waals surface area contributed by atoms with E-state index >= 15 is 0 Å². The maximum atomic E-state index is 12.8. The van der Waals surface area contributed by atoms with Crippen LogP contribution >= 0.6 is 22.9 Å². The van der Waals surface area contributed by atoms with E-state index in [0.29, 0.717) is 16.2 Å². The van der Waals surface area contributed by atoms with Gasteiger partial charge in [0.2, 0.25) is 0 Å². The van der Waals surface area contributed by atoms with E-state index in [1.807, 2.05) is 0 Å². The number of anilines is 1. The molecule has 0 bridgehead atoms. The molecule has 0 aliphatic heterocycles. The summed E-state index contributed by atoms with van der Waals surface area (Å²) in [6, 6.07) is 2.37. The third kappa shape index (κ3) is 4.70. The number of nitrogens with one attached hydrogen (secondary N) is 2. The standard InChI is InChI=1S/C20H15ClF3N7O2S/c1-9(29-18(33)14-15-16(27-7-26-14)28-8-31(15)2)19-25-6-13(34-19)17(32)30-10-3-4-11(12(21)5-10)20(22,23)24/h3-9H,1-2H3,(H,29,33)(H,30,32). The number of carbonyl (C=O) groups excluding carboxylic acids is 2. The number of aryl methyl sites for hydroxylation is 1. The predicted octanol–water partition coefficient (Wildman–Crippen LogP) is 4.24. The lowest BCUT2D eigenvalue weighted by molar-refractivity contribution is -0.137. The molecule has 0 aliphatic carbocycles. The lowest BCUT2D eigenvalue weighted by Crippen LogP contribution is -2.28. The summed E-state index contributed by atoms with van der Waals surface area (Å²) in [6.45, 7) is 1.69. The fraction of sp³-hybridized carbons (Fsp3) is 0.200. The van der Waals surface area contributed by atoms with Crippen LogP contribution in [0.1, 0.15) is 43.7 Å². The second-order valence-electron chi connectivity index (χ2n) is 7.15. The normalized spacial score (nSPS) is 12.5. The van der Waals surface area contributed by atoms with Gasteiger partial charge in [0.25, 0.3) is 11.8 Å². The maximum Gasteiger partial charge on any atom is 0.417 e. The summed E-state index contributed by atoms with van der Waals surface area (Å²) in [7, 11) is 1.72. The number of aromatic nitrogens is 5. The monoisotopic (exact) mass is 509 g/mol. The van der Waals surface area contributed by atoms with Crippen molar-refractivity contribution in [1.29, 1.82) is 0 Å². The Bertz CT molecular complexity index is 1400. The fourth-order valence-corrected chi connectivity index (χ4v) is 4.19. The van der Waals surface area contributed by atoms with Gasteiger partial charge in [-0.2, -0.15) is 13.2 Å². The number of carbonyl (C=O) groups is 2. The molecule has 4 rings (SSSR count). The Balaban J connectivity index is 1.45. The zero-order valence-corrected chi connectivity index (χ0v) is 19.1. The molecule has 0 radical (unpaired) electrons. The summed E-state index contributed by atoms with van der Waals surface area (Å²) >= 11 is 6.72. The van der Waals surface area contributed by atoms with Crippen LogP contribution in [0.25, 0.3) is 11.2 Å². The van der Waals surface area contributed by atoms with Crippen LogP contribution in [-0.4, -0.2) is 36.3 Å². The van der Waals surface area contributed by atoms with Gasteiger partial charge in [-0.05, 0) is 25.1 Å². The number of amides is 2. The van der Waals surface area contributed by atoms with Gasteiger partial charge in [-0.15, -0.1) is 11.3 Å². The third-order valence-electron chi connectivity index (χ3n) is 4.72. The van der Waals surface area contributed by atoms with Crippen molar-refractivity contribution in [2.75, 3.05) is 5.32 Å². The molecule has 1 unspecified atom stereocenters. The van der Waals surface area contributed by atoms with E-state index in [2.05, 4.69) is 30.6 Å². The Morgan fingerprint density at radius 2 is 1.91 bits per heavy atom. The SMILES string of the molecule is CC(NC(=O)c1ncnc2ncn(C)c12)c1ncc(C(=O)Nc2ccc(C(F)(F)F)c(Cl)c2)s1. The van der Waals surface area contributed by atoms with Crippen molar-refractivity contribution in [2.45, 2.75) is 19.1 Å². The number of fused-ring (bicyclic) bond motifs is 1. The van der Waals surface area contributed by atoms with E-state index in [4.69, 9.17) is 11.6 Å². The first kappa shape index (κ1) is 23.6. The molecule has 4 aromatic rings. The Hall–Kier alpha value is -3.58. The lowest BCUT2D eigenvalue weighted by Gasteiger charge is -2.11. The lowest BCUT2D eigenvalue weighted by atomic mass is 10.2. The Kier molecular flexibility index (Phi) is 6.23. The quantitative estimate of drug-likeness (QED) is 0.416. The van der Waals surface area contributed by atoms with Gasteiger partial charge in [-0.1, -0.05) is 11.6 Å². The first-order valence-electron chi connectivity index (χ1n) is 9.61. The third-order valence-corrected chi connectivity index (χ3v) is 6.21. The summed E-state index contributed by atoms with van der Waals surface area (Å²) in [6.07, 6.45) is -0.516. The number of rotatable bonds is 5. The van der Waals surface area contributed by atoms with E-state index in [1.165, 1.54) is 18.9 Å². The molecule has 3 heterocycles. The molecule has 34 heavy (non-hydrogen) atoms. The number of imidazole rings is 1. The maximum absolute atomic E-state index is 12.8. The van der Waals surface area contributed by atoms with Crippen LogP contribution < -0.4 is 10.6 Å². The van der Waals surface area contributed by atoms with Crippen molar-refractivity contribution in [3.8, 4) is 0 Å². The second kappa shape index (κ2) is 8.99. The fourth-order valence-electron chi connectivity index (χ4n) is 3.09. The number of nitrogens with zero attached hydrogens (tertiary/aromatic N) is 5. The number of thiazole rings is 1. The molecule has 14 heteroatoms. The number of hydrogen-bond acceptors (Lipinski definition) is 7. The molecule has 1 atom stereocenters. The molecule has 0 spiro atoms. The van der Waals surface area contributed by atoms with Crippen molar-refractivity contribution in [3.05, 3.63) is 63.2 Å². The minimum absolute atomic E-state index is 0.100. The molecule has 0 saturated heterocycles. The summed E-state index contributed by atoms with van der Waals surface area (Å²) < 4.78 is 40.2. The number of halogens is 4. The smallest absolute Gasteiger partial charge is 0.342 e. The molecule has 0 fully saturated rings. The molecule has 9 nitrogen and oxygen atoms in total. The summed E-state index contributed by atoms with van der Waals surface area (Å²) in [5, 5.41) is 5.17. The van der Waals surface area contributed by atoms with Gasteiger partial charge in [0.15, 0.2) is 11.3 Å². The van der Waals surface area contributed by atoms with Gasteiger partial charge in [-0.25, -0.2) is 19.9 Å². The number of alkyl halides is 3. The van der Waals surface area contributed by atoms with Gasteiger partial charge >= 0.3 is 6.18 Å². The predicted molar refractivity (Wildman–Crippen MR) is 119 cm³/mol. The van der Waals surface area contributed by atoms with Gasteiger partial charge in [0, 0.05) is 12.7 Å².